The Morgan fingerprint density at radius 1 is 0.263 bits per heavy atom. The van der Waals surface area contributed by atoms with E-state index in [1.807, 2.05) is 0 Å². The lowest BCUT2D eigenvalue weighted by molar-refractivity contribution is -0.489. The van der Waals surface area contributed by atoms with E-state index in [1.165, 1.54) is 0 Å². The maximum atomic E-state index is 16.4. The topological polar surface area (TPSA) is 55.4 Å². The van der Waals surface area contributed by atoms with Gasteiger partial charge in [0.15, 0.2) is 0 Å². The maximum absolute atomic E-state index is 16.4. The van der Waals surface area contributed by atoms with Gasteiger partial charge in [-0.15, -0.1) is 0 Å². The molecule has 0 aliphatic heterocycles. The summed E-state index contributed by atoms with van der Waals surface area (Å²) in [4.78, 5) is 0. The average Bonchev–Trinajstić information content (AvgIpc) is 3.10. The fourth-order valence-corrected chi connectivity index (χ4v) is 6.40. The fourth-order valence-electron chi connectivity index (χ4n) is 6.40. The van der Waals surface area contributed by atoms with Crippen LogP contribution in [0.1, 0.15) is 95.9 Å². The van der Waals surface area contributed by atoms with Crippen LogP contribution in [-0.4, -0.2) is 143 Å². The minimum absolute atomic E-state index is 0.0841. The zero-order chi connectivity index (χ0) is 62.3. The van der Waals surface area contributed by atoms with E-state index in [0.29, 0.717) is 27.7 Å². The fraction of sp³-hybridized carbons (Fsp3) is 1.00. The number of hydrogen-bond donors (Lipinski definition) is 0. The minimum Gasteiger partial charge on any atom is -0.375 e. The van der Waals surface area contributed by atoms with E-state index >= 15 is 26.3 Å². The molecule has 0 bridgehead atoms. The normalized spacial score (nSPS) is 19.3. The zero-order valence-corrected chi connectivity index (χ0v) is 40.6. The highest BCUT2D eigenvalue weighted by Crippen LogP contribution is 2.60. The van der Waals surface area contributed by atoms with Gasteiger partial charge in [-0.1, -0.05) is 0 Å². The highest BCUT2D eigenvalue weighted by Gasteiger charge is 2.85. The van der Waals surface area contributed by atoms with E-state index < -0.39 is 198 Å². The standard InChI is InChI=1S/C38H46F32O6/c1-18(2,72-16-25(40,31(50,51)52)21(7,8)74-36(65,66)27(42,33(56,57)58)23(11,12)76-38(69,70)29(45,46)35(62,63)64)13-14-71-19(3,4)15-24(39,30(47,48)49)20(5,6)73-17-26(41,32(53,54)55)22(9,10)75-37(67,68)28(43,44)34(59,60)61/h13-17H2,1-12H3. The lowest BCUT2D eigenvalue weighted by Gasteiger charge is -2.49. The van der Waals surface area contributed by atoms with Gasteiger partial charge in [0.2, 0.25) is 5.67 Å². The number of rotatable bonds is 25. The minimum atomic E-state index is -7.61. The SMILES string of the molecule is CC(C)(CCOC(C)(C)CC(F)(C(F)(F)F)C(C)(C)OCC(F)(C(F)(F)F)C(C)(C)OC(F)(F)C(F)(F)C(F)(F)F)OCC(F)(C(F)(F)F)C(C)(C)OC(F)(F)C(F)(C(F)(F)F)C(C)(C)OC(F)(F)C(F)(F)C(F)(F)F. The molecule has 0 N–H and O–H groups in total. The van der Waals surface area contributed by atoms with Gasteiger partial charge in [0.05, 0.1) is 31.0 Å². The number of alkyl halides is 32. The molecule has 0 aromatic heterocycles. The first-order valence-electron chi connectivity index (χ1n) is 20.3. The van der Waals surface area contributed by atoms with Crippen LogP contribution in [0.5, 0.6) is 0 Å². The molecule has 0 amide bonds. The second-order valence-corrected chi connectivity index (χ2v) is 20.0. The van der Waals surface area contributed by atoms with Crippen LogP contribution in [0.2, 0.25) is 0 Å². The molecule has 76 heavy (non-hydrogen) atoms. The second-order valence-electron chi connectivity index (χ2n) is 20.0. The first kappa shape index (κ1) is 73.5. The van der Waals surface area contributed by atoms with Crippen molar-refractivity contribution in [3.63, 3.8) is 0 Å². The van der Waals surface area contributed by atoms with Crippen molar-refractivity contribution in [1.82, 2.24) is 0 Å². The first-order valence-corrected chi connectivity index (χ1v) is 20.3. The molecule has 0 spiro atoms. The van der Waals surface area contributed by atoms with E-state index in [0.717, 1.165) is 0 Å². The summed E-state index contributed by atoms with van der Waals surface area (Å²) in [5, 5.41) is 0. The maximum Gasteiger partial charge on any atom is 0.462 e. The van der Waals surface area contributed by atoms with E-state index in [-0.39, 0.29) is 13.8 Å². The Hall–Kier alpha value is -2.48. The largest absolute Gasteiger partial charge is 0.462 e. The van der Waals surface area contributed by atoms with Crippen LogP contribution in [0.4, 0.5) is 140 Å². The molecule has 458 valence electrons. The number of halogens is 32. The molecule has 0 aromatic rings. The van der Waals surface area contributed by atoms with Gasteiger partial charge in [0, 0.05) is 6.42 Å². The third kappa shape index (κ3) is 13.8. The Morgan fingerprint density at radius 3 is 0.842 bits per heavy atom. The summed E-state index contributed by atoms with van der Waals surface area (Å²) in [5.74, 6) is -15.0. The molecular weight excluding hydrogens is 1160 g/mol. The molecule has 0 saturated carbocycles. The van der Waals surface area contributed by atoms with Crippen LogP contribution in [0.3, 0.4) is 0 Å². The van der Waals surface area contributed by atoms with Crippen LogP contribution in [0, 0.1) is 0 Å². The first-order chi connectivity index (χ1) is 32.2. The summed E-state index contributed by atoms with van der Waals surface area (Å²) in [6.45, 7) is -9.26. The molecular formula is C38H46F32O6. The van der Waals surface area contributed by atoms with Crippen molar-refractivity contribution < 1.29 is 169 Å². The zero-order valence-electron chi connectivity index (χ0n) is 40.6. The monoisotopic (exact) mass is 1210 g/mol. The molecule has 0 rings (SSSR count). The quantitative estimate of drug-likeness (QED) is 0.0849. The predicted molar refractivity (Wildman–Crippen MR) is 191 cm³/mol. The van der Waals surface area contributed by atoms with E-state index in [2.05, 4.69) is 18.9 Å². The van der Waals surface area contributed by atoms with E-state index in [1.54, 1.807) is 0 Å². The summed E-state index contributed by atoms with van der Waals surface area (Å²) < 4.78 is 475. The molecule has 0 aromatic carbocycles. The van der Waals surface area contributed by atoms with Gasteiger partial charge < -0.3 is 28.4 Å². The molecule has 0 heterocycles. The van der Waals surface area contributed by atoms with Gasteiger partial charge in [0.25, 0.3) is 11.3 Å². The van der Waals surface area contributed by atoms with Gasteiger partial charge in [-0.05, 0) is 89.5 Å². The Morgan fingerprint density at radius 2 is 0.553 bits per heavy atom. The van der Waals surface area contributed by atoms with Crippen molar-refractivity contribution in [1.29, 1.82) is 0 Å². The smallest absolute Gasteiger partial charge is 0.375 e. The second kappa shape index (κ2) is 20.5. The molecule has 4 atom stereocenters. The Kier molecular flexibility index (Phi) is 19.8. The van der Waals surface area contributed by atoms with E-state index in [4.69, 9.17) is 9.47 Å². The van der Waals surface area contributed by atoms with Gasteiger partial charge in [0.1, 0.15) is 22.4 Å². The summed E-state index contributed by atoms with van der Waals surface area (Å²) in [6.07, 6.45) is -67.5. The van der Waals surface area contributed by atoms with Crippen molar-refractivity contribution in [2.24, 2.45) is 0 Å². The summed E-state index contributed by atoms with van der Waals surface area (Å²) >= 11 is 0. The van der Waals surface area contributed by atoms with Crippen molar-refractivity contribution in [2.75, 3.05) is 19.8 Å². The van der Waals surface area contributed by atoms with Crippen molar-refractivity contribution in [3.8, 4) is 0 Å². The molecule has 0 saturated heterocycles. The lowest BCUT2D eigenvalue weighted by Crippen LogP contribution is -2.73. The predicted octanol–water partition coefficient (Wildman–Crippen LogP) is 15.8. The Bertz CT molecular complexity index is 1940. The van der Waals surface area contributed by atoms with Crippen LogP contribution in [0.15, 0.2) is 0 Å². The third-order valence-corrected chi connectivity index (χ3v) is 11.6. The van der Waals surface area contributed by atoms with E-state index in [9.17, 15) is 114 Å². The van der Waals surface area contributed by atoms with Crippen LogP contribution in [0.25, 0.3) is 0 Å². The third-order valence-electron chi connectivity index (χ3n) is 11.6. The summed E-state index contributed by atoms with van der Waals surface area (Å²) in [7, 11) is 0. The van der Waals surface area contributed by atoms with Crippen LogP contribution < -0.4 is 0 Å². The van der Waals surface area contributed by atoms with Gasteiger partial charge in [-0.2, -0.15) is 123 Å². The molecule has 0 aliphatic rings. The molecule has 0 fully saturated rings. The average molecular weight is 1210 g/mol. The highest BCUT2D eigenvalue weighted by atomic mass is 19.5. The van der Waals surface area contributed by atoms with Crippen molar-refractivity contribution >= 4 is 0 Å². The van der Waals surface area contributed by atoms with Gasteiger partial charge in [-0.25, -0.2) is 17.6 Å². The molecule has 38 heteroatoms. The van der Waals surface area contributed by atoms with Crippen LogP contribution >= 0.6 is 0 Å². The highest BCUT2D eigenvalue weighted by molar-refractivity contribution is 5.12. The van der Waals surface area contributed by atoms with Gasteiger partial charge in [-0.3, -0.25) is 0 Å². The molecule has 0 radical (unpaired) electrons. The summed E-state index contributed by atoms with van der Waals surface area (Å²) in [6, 6.07) is 0. The molecule has 0 aliphatic carbocycles. The van der Waals surface area contributed by atoms with Crippen molar-refractivity contribution in [2.45, 2.75) is 219 Å². The number of hydrogen-bond acceptors (Lipinski definition) is 6. The lowest BCUT2D eigenvalue weighted by atomic mass is 9.78. The van der Waals surface area contributed by atoms with Gasteiger partial charge >= 0.3 is 72.9 Å². The Balaban J connectivity index is 6.88. The Labute approximate surface area is 408 Å². The molecule has 6 nitrogen and oxygen atoms in total. The van der Waals surface area contributed by atoms with Crippen LogP contribution in [-0.2, 0) is 28.4 Å². The van der Waals surface area contributed by atoms with Crippen molar-refractivity contribution in [3.05, 3.63) is 0 Å². The summed E-state index contributed by atoms with van der Waals surface area (Å²) in [5.41, 5.74) is -48.2. The molecule has 4 unspecified atom stereocenters. The number of ether oxygens (including phenoxy) is 6.